The van der Waals surface area contributed by atoms with Gasteiger partial charge in [0.25, 0.3) is 5.56 Å². The molecule has 2 aromatic heterocycles. The minimum atomic E-state index is -0.876. The highest BCUT2D eigenvalue weighted by Crippen LogP contribution is 2.19. The number of hydrogen-bond donors (Lipinski definition) is 1. The number of nitrogens with zero attached hydrogens (tertiary/aromatic N) is 5. The Labute approximate surface area is 162 Å². The Morgan fingerprint density at radius 3 is 2.57 bits per heavy atom. The molecule has 0 saturated heterocycles. The summed E-state index contributed by atoms with van der Waals surface area (Å²) in [4.78, 5) is 31.1. The number of anilines is 1. The zero-order valence-electron chi connectivity index (χ0n) is 16.7. The van der Waals surface area contributed by atoms with E-state index in [0.717, 1.165) is 10.1 Å². The average molecular weight is 387 g/mol. The van der Waals surface area contributed by atoms with Crippen molar-refractivity contribution < 1.29 is 9.84 Å². The van der Waals surface area contributed by atoms with Gasteiger partial charge in [-0.25, -0.2) is 4.79 Å². The molecule has 28 heavy (non-hydrogen) atoms. The normalized spacial score (nSPS) is 12.4. The molecule has 1 aromatic carbocycles. The first-order valence-corrected chi connectivity index (χ1v) is 8.91. The molecule has 2 heterocycles. The summed E-state index contributed by atoms with van der Waals surface area (Å²) in [5.41, 5.74) is 0.708. The summed E-state index contributed by atoms with van der Waals surface area (Å²) in [7, 11) is 6.57. The second-order valence-corrected chi connectivity index (χ2v) is 7.08. The Morgan fingerprint density at radius 1 is 1.21 bits per heavy atom. The largest absolute Gasteiger partial charge is 0.491 e. The van der Waals surface area contributed by atoms with Gasteiger partial charge in [-0.2, -0.15) is 4.98 Å². The molecule has 0 radical (unpaired) electrons. The van der Waals surface area contributed by atoms with E-state index in [1.54, 1.807) is 30.6 Å². The number of aliphatic hydroxyl groups excluding tert-OH is 1. The van der Waals surface area contributed by atoms with Crippen LogP contribution in [0.4, 0.5) is 5.95 Å². The second kappa shape index (κ2) is 7.51. The van der Waals surface area contributed by atoms with Gasteiger partial charge in [-0.1, -0.05) is 12.1 Å². The SMILES string of the molecule is Cc1cccc(OC[C@@H](O)Cn2c(N(C)C)nc3c2c(=O)n(C)c(=O)n3C)c1. The second-order valence-electron chi connectivity index (χ2n) is 7.08. The van der Waals surface area contributed by atoms with Gasteiger partial charge < -0.3 is 19.3 Å². The van der Waals surface area contributed by atoms with Gasteiger partial charge in [-0.15, -0.1) is 0 Å². The Morgan fingerprint density at radius 2 is 1.93 bits per heavy atom. The Balaban J connectivity index is 1.96. The first-order chi connectivity index (χ1) is 13.2. The van der Waals surface area contributed by atoms with Gasteiger partial charge in [0.2, 0.25) is 5.95 Å². The van der Waals surface area contributed by atoms with E-state index >= 15 is 0 Å². The van der Waals surface area contributed by atoms with Gasteiger partial charge >= 0.3 is 5.69 Å². The first kappa shape index (κ1) is 19.7. The number of aryl methyl sites for hydroxylation is 2. The van der Waals surface area contributed by atoms with Crippen LogP contribution in [0.2, 0.25) is 0 Å². The predicted octanol–water partition coefficient (Wildman–Crippen LogP) is 0.248. The van der Waals surface area contributed by atoms with Gasteiger partial charge in [0.15, 0.2) is 11.2 Å². The van der Waals surface area contributed by atoms with Crippen molar-refractivity contribution in [2.24, 2.45) is 14.1 Å². The van der Waals surface area contributed by atoms with Crippen molar-refractivity contribution in [2.45, 2.75) is 19.6 Å². The van der Waals surface area contributed by atoms with Gasteiger partial charge in [0.05, 0.1) is 6.54 Å². The quantitative estimate of drug-likeness (QED) is 0.652. The maximum atomic E-state index is 12.7. The van der Waals surface area contributed by atoms with Gasteiger partial charge in [0.1, 0.15) is 18.5 Å². The van der Waals surface area contributed by atoms with Crippen LogP contribution in [0.3, 0.4) is 0 Å². The van der Waals surface area contributed by atoms with Crippen LogP contribution in [0.25, 0.3) is 11.2 Å². The molecule has 0 aliphatic carbocycles. The lowest BCUT2D eigenvalue weighted by Gasteiger charge is -2.18. The van der Waals surface area contributed by atoms with Crippen LogP contribution in [0.15, 0.2) is 33.9 Å². The third-order valence-electron chi connectivity index (χ3n) is 4.55. The summed E-state index contributed by atoms with van der Waals surface area (Å²) in [6, 6.07) is 7.55. The highest BCUT2D eigenvalue weighted by Gasteiger charge is 2.22. The third-order valence-corrected chi connectivity index (χ3v) is 4.55. The zero-order chi connectivity index (χ0) is 20.6. The molecule has 0 fully saturated rings. The molecule has 0 saturated carbocycles. The van der Waals surface area contributed by atoms with Crippen LogP contribution in [0.5, 0.6) is 5.75 Å². The summed E-state index contributed by atoms with van der Waals surface area (Å²) in [6.45, 7) is 2.12. The molecule has 1 atom stereocenters. The molecule has 0 spiro atoms. The van der Waals surface area contributed by atoms with E-state index in [1.165, 1.54) is 11.6 Å². The Kier molecular flexibility index (Phi) is 5.28. The molecular formula is C19H25N5O4. The summed E-state index contributed by atoms with van der Waals surface area (Å²) < 4.78 is 9.66. The zero-order valence-corrected chi connectivity index (χ0v) is 16.7. The molecule has 3 aromatic rings. The van der Waals surface area contributed by atoms with Crippen LogP contribution in [0, 0.1) is 6.92 Å². The summed E-state index contributed by atoms with van der Waals surface area (Å²) in [6.07, 6.45) is -0.876. The van der Waals surface area contributed by atoms with Gasteiger partial charge in [-0.05, 0) is 24.6 Å². The lowest BCUT2D eigenvalue weighted by Crippen LogP contribution is -2.38. The fraction of sp³-hybridized carbons (Fsp3) is 0.421. The number of imidazole rings is 1. The minimum Gasteiger partial charge on any atom is -0.491 e. The number of benzene rings is 1. The number of fused-ring (bicyclic) bond motifs is 1. The van der Waals surface area contributed by atoms with E-state index in [9.17, 15) is 14.7 Å². The van der Waals surface area contributed by atoms with Crippen molar-refractivity contribution in [3.63, 3.8) is 0 Å². The molecule has 0 aliphatic rings. The lowest BCUT2D eigenvalue weighted by molar-refractivity contribution is 0.0936. The Bertz CT molecular complexity index is 1130. The van der Waals surface area contributed by atoms with Crippen LogP contribution < -0.4 is 20.9 Å². The maximum absolute atomic E-state index is 12.7. The summed E-state index contributed by atoms with van der Waals surface area (Å²) in [5, 5.41) is 10.5. The van der Waals surface area contributed by atoms with Crippen molar-refractivity contribution in [3.05, 3.63) is 50.7 Å². The molecule has 0 aliphatic heterocycles. The third kappa shape index (κ3) is 3.53. The highest BCUT2D eigenvalue weighted by molar-refractivity contribution is 5.74. The number of ether oxygens (including phenoxy) is 1. The molecule has 150 valence electrons. The fourth-order valence-electron chi connectivity index (χ4n) is 3.11. The Hall–Kier alpha value is -3.07. The summed E-state index contributed by atoms with van der Waals surface area (Å²) in [5.74, 6) is 1.14. The molecule has 0 unspecified atom stereocenters. The molecular weight excluding hydrogens is 362 g/mol. The maximum Gasteiger partial charge on any atom is 0.332 e. The van der Waals surface area contributed by atoms with Crippen LogP contribution in [0.1, 0.15) is 5.56 Å². The molecule has 9 nitrogen and oxygen atoms in total. The number of aromatic nitrogens is 4. The van der Waals surface area contributed by atoms with Crippen LogP contribution in [-0.2, 0) is 20.6 Å². The molecule has 0 bridgehead atoms. The number of aliphatic hydroxyl groups is 1. The van der Waals surface area contributed by atoms with E-state index in [4.69, 9.17) is 4.74 Å². The standard InChI is InChI=1S/C19H25N5O4/c1-12-7-6-8-14(9-12)28-11-13(25)10-24-15-16(20-18(24)21(2)3)22(4)19(27)23(5)17(15)26/h6-9,13,25H,10-11H2,1-5H3/t13-/m0/s1. The minimum absolute atomic E-state index is 0.0576. The van der Waals surface area contributed by atoms with Crippen LogP contribution in [-0.4, -0.2) is 50.6 Å². The molecule has 3 rings (SSSR count). The van der Waals surface area contributed by atoms with Gasteiger partial charge in [-0.3, -0.25) is 13.9 Å². The molecule has 0 amide bonds. The van der Waals surface area contributed by atoms with E-state index in [0.29, 0.717) is 11.7 Å². The van der Waals surface area contributed by atoms with E-state index in [-0.39, 0.29) is 24.3 Å². The van der Waals surface area contributed by atoms with Crippen molar-refractivity contribution in [1.82, 2.24) is 18.7 Å². The smallest absolute Gasteiger partial charge is 0.332 e. The van der Waals surface area contributed by atoms with Crippen molar-refractivity contribution in [2.75, 3.05) is 25.6 Å². The number of rotatable bonds is 6. The molecule has 9 heteroatoms. The first-order valence-electron chi connectivity index (χ1n) is 8.91. The molecule has 1 N–H and O–H groups in total. The van der Waals surface area contributed by atoms with Crippen molar-refractivity contribution in [3.8, 4) is 5.75 Å². The highest BCUT2D eigenvalue weighted by atomic mass is 16.5. The predicted molar refractivity (Wildman–Crippen MR) is 107 cm³/mol. The monoisotopic (exact) mass is 387 g/mol. The van der Waals surface area contributed by atoms with E-state index in [1.807, 2.05) is 31.2 Å². The van der Waals surface area contributed by atoms with E-state index < -0.39 is 17.4 Å². The lowest BCUT2D eigenvalue weighted by atomic mass is 10.2. The summed E-state index contributed by atoms with van der Waals surface area (Å²) >= 11 is 0. The van der Waals surface area contributed by atoms with Crippen molar-refractivity contribution >= 4 is 17.1 Å². The average Bonchev–Trinajstić information content (AvgIpc) is 3.02. The topological polar surface area (TPSA) is 94.5 Å². The van der Waals surface area contributed by atoms with E-state index in [2.05, 4.69) is 4.98 Å². The number of hydrogen-bond acceptors (Lipinski definition) is 6. The fourth-order valence-corrected chi connectivity index (χ4v) is 3.11. The van der Waals surface area contributed by atoms with Gasteiger partial charge in [0, 0.05) is 28.2 Å². The van der Waals surface area contributed by atoms with Crippen molar-refractivity contribution in [1.29, 1.82) is 0 Å². The van der Waals surface area contributed by atoms with Crippen LogP contribution >= 0.6 is 0 Å².